The van der Waals surface area contributed by atoms with Crippen LogP contribution in [0.3, 0.4) is 0 Å². The number of hydrogen-bond acceptors (Lipinski definition) is 5. The number of rotatable bonds is 5. The summed E-state index contributed by atoms with van der Waals surface area (Å²) in [6, 6.07) is 15.1. The van der Waals surface area contributed by atoms with Gasteiger partial charge in [0, 0.05) is 24.2 Å². The molecule has 6 nitrogen and oxygen atoms in total. The van der Waals surface area contributed by atoms with Gasteiger partial charge in [-0.3, -0.25) is 4.79 Å². The van der Waals surface area contributed by atoms with Crippen molar-refractivity contribution in [2.45, 2.75) is 39.8 Å². The molecule has 3 aromatic rings. The van der Waals surface area contributed by atoms with Gasteiger partial charge < -0.3 is 9.42 Å². The first kappa shape index (κ1) is 21.3. The number of amides is 1. The van der Waals surface area contributed by atoms with Crippen molar-refractivity contribution in [1.82, 2.24) is 10.1 Å². The molecule has 1 atom stereocenters. The molecule has 1 unspecified atom stereocenters. The number of sulfone groups is 1. The molecule has 0 radical (unpaired) electrons. The van der Waals surface area contributed by atoms with Gasteiger partial charge in [0.25, 0.3) is 5.91 Å². The van der Waals surface area contributed by atoms with Gasteiger partial charge in [0.2, 0.25) is 0 Å². The van der Waals surface area contributed by atoms with E-state index >= 15 is 0 Å². The first-order valence-electron chi connectivity index (χ1n) is 10.3. The van der Waals surface area contributed by atoms with Crippen molar-refractivity contribution in [2.24, 2.45) is 0 Å². The van der Waals surface area contributed by atoms with Crippen molar-refractivity contribution in [3.05, 3.63) is 76.5 Å². The molecule has 162 valence electrons. The largest absolute Gasteiger partial charge is 0.355 e. The van der Waals surface area contributed by atoms with E-state index in [9.17, 15) is 13.2 Å². The van der Waals surface area contributed by atoms with Crippen molar-refractivity contribution in [3.8, 4) is 11.3 Å². The Morgan fingerprint density at radius 3 is 2.45 bits per heavy atom. The van der Waals surface area contributed by atoms with Gasteiger partial charge in [0.05, 0.1) is 11.5 Å². The zero-order valence-corrected chi connectivity index (χ0v) is 18.8. The number of carbonyl (C=O) groups is 1. The molecule has 2 heterocycles. The second-order valence-corrected chi connectivity index (χ2v) is 10.6. The van der Waals surface area contributed by atoms with Crippen molar-refractivity contribution < 1.29 is 17.7 Å². The maximum Gasteiger partial charge on any atom is 0.276 e. The van der Waals surface area contributed by atoms with Gasteiger partial charge in [-0.25, -0.2) is 8.42 Å². The average Bonchev–Trinajstić information content (AvgIpc) is 3.36. The minimum Gasteiger partial charge on any atom is -0.355 e. The molecule has 0 N–H and O–H groups in total. The minimum absolute atomic E-state index is 0.0214. The van der Waals surface area contributed by atoms with E-state index in [-0.39, 0.29) is 29.1 Å². The van der Waals surface area contributed by atoms with E-state index in [0.717, 1.165) is 22.3 Å². The van der Waals surface area contributed by atoms with Crippen LogP contribution in [0, 0.1) is 20.8 Å². The van der Waals surface area contributed by atoms with E-state index in [1.807, 2.05) is 63.2 Å². The van der Waals surface area contributed by atoms with Gasteiger partial charge in [0.1, 0.15) is 0 Å². The van der Waals surface area contributed by atoms with Crippen LogP contribution in [-0.2, 0) is 16.4 Å². The second kappa shape index (κ2) is 8.30. The van der Waals surface area contributed by atoms with E-state index in [1.54, 1.807) is 11.0 Å². The molecule has 1 aliphatic heterocycles. The normalized spacial score (nSPS) is 17.6. The van der Waals surface area contributed by atoms with Crippen LogP contribution in [0.1, 0.15) is 39.2 Å². The molecule has 1 saturated heterocycles. The summed E-state index contributed by atoms with van der Waals surface area (Å²) >= 11 is 0. The van der Waals surface area contributed by atoms with Gasteiger partial charge in [-0.05, 0) is 49.9 Å². The lowest BCUT2D eigenvalue weighted by Gasteiger charge is -2.27. The van der Waals surface area contributed by atoms with E-state index < -0.39 is 9.84 Å². The summed E-state index contributed by atoms with van der Waals surface area (Å²) in [6.07, 6.45) is 0.432. The van der Waals surface area contributed by atoms with Crippen molar-refractivity contribution in [2.75, 3.05) is 11.5 Å². The maximum absolute atomic E-state index is 13.4. The molecule has 31 heavy (non-hydrogen) atoms. The van der Waals surface area contributed by atoms with E-state index in [0.29, 0.717) is 18.7 Å². The van der Waals surface area contributed by atoms with Crippen LogP contribution in [0.2, 0.25) is 0 Å². The third-order valence-corrected chi connectivity index (χ3v) is 7.65. The molecular weight excluding hydrogens is 412 g/mol. The van der Waals surface area contributed by atoms with E-state index in [4.69, 9.17) is 4.52 Å². The Balaban J connectivity index is 1.63. The summed E-state index contributed by atoms with van der Waals surface area (Å²) in [5.74, 6) is 0.274. The molecular formula is C24H26N2O4S. The number of carbonyl (C=O) groups excluding carboxylic acids is 1. The molecule has 2 aromatic carbocycles. The van der Waals surface area contributed by atoms with Crippen molar-refractivity contribution in [1.29, 1.82) is 0 Å². The van der Waals surface area contributed by atoms with Gasteiger partial charge >= 0.3 is 0 Å². The number of nitrogens with zero attached hydrogens (tertiary/aromatic N) is 2. The van der Waals surface area contributed by atoms with Crippen LogP contribution in [0.5, 0.6) is 0 Å². The Bertz CT molecular complexity index is 1210. The number of benzene rings is 2. The summed E-state index contributed by atoms with van der Waals surface area (Å²) in [7, 11) is -3.14. The summed E-state index contributed by atoms with van der Waals surface area (Å²) in [5, 5.41) is 4.01. The molecule has 0 bridgehead atoms. The lowest BCUT2D eigenvalue weighted by atomic mass is 10.0. The molecule has 1 fully saturated rings. The summed E-state index contributed by atoms with van der Waals surface area (Å²) < 4.78 is 29.6. The fourth-order valence-electron chi connectivity index (χ4n) is 3.83. The van der Waals surface area contributed by atoms with Gasteiger partial charge in [0.15, 0.2) is 21.3 Å². The van der Waals surface area contributed by atoms with Crippen LogP contribution in [0.4, 0.5) is 0 Å². The summed E-state index contributed by atoms with van der Waals surface area (Å²) in [4.78, 5) is 15.0. The third-order valence-electron chi connectivity index (χ3n) is 5.90. The van der Waals surface area contributed by atoms with E-state index in [1.165, 1.54) is 5.56 Å². The number of aryl methyl sites for hydroxylation is 3. The Labute approximate surface area is 182 Å². The van der Waals surface area contributed by atoms with E-state index in [2.05, 4.69) is 5.16 Å². The molecule has 7 heteroatoms. The van der Waals surface area contributed by atoms with Gasteiger partial charge in [-0.1, -0.05) is 47.1 Å². The van der Waals surface area contributed by atoms with Crippen molar-refractivity contribution >= 4 is 15.7 Å². The zero-order valence-electron chi connectivity index (χ0n) is 18.0. The Hall–Kier alpha value is -2.93. The summed E-state index contributed by atoms with van der Waals surface area (Å²) in [6.45, 7) is 6.38. The Morgan fingerprint density at radius 2 is 1.81 bits per heavy atom. The van der Waals surface area contributed by atoms with Crippen molar-refractivity contribution in [3.63, 3.8) is 0 Å². The van der Waals surface area contributed by atoms with Gasteiger partial charge in [-0.2, -0.15) is 0 Å². The third kappa shape index (κ3) is 4.71. The minimum atomic E-state index is -3.14. The SMILES string of the molecule is Cc1ccc(CN(C(=O)c2cc(-c3ccc(C)c(C)c3)on2)C2CCS(=O)(=O)C2)cc1. The summed E-state index contributed by atoms with van der Waals surface area (Å²) in [5.41, 5.74) is 5.40. The van der Waals surface area contributed by atoms with Crippen LogP contribution in [-0.4, -0.2) is 41.9 Å². The highest BCUT2D eigenvalue weighted by Crippen LogP contribution is 2.26. The fourth-order valence-corrected chi connectivity index (χ4v) is 5.56. The second-order valence-electron chi connectivity index (χ2n) is 8.35. The predicted octanol–water partition coefficient (Wildman–Crippen LogP) is 4.10. The number of aromatic nitrogens is 1. The topological polar surface area (TPSA) is 80.5 Å². The number of hydrogen-bond donors (Lipinski definition) is 0. The highest BCUT2D eigenvalue weighted by Gasteiger charge is 2.36. The van der Waals surface area contributed by atoms with Crippen LogP contribution in [0.25, 0.3) is 11.3 Å². The first-order chi connectivity index (χ1) is 14.7. The highest BCUT2D eigenvalue weighted by atomic mass is 32.2. The van der Waals surface area contributed by atoms with Crippen LogP contribution >= 0.6 is 0 Å². The monoisotopic (exact) mass is 438 g/mol. The zero-order chi connectivity index (χ0) is 22.2. The average molecular weight is 439 g/mol. The Morgan fingerprint density at radius 1 is 1.06 bits per heavy atom. The molecule has 4 rings (SSSR count). The first-order valence-corrected chi connectivity index (χ1v) is 12.2. The molecule has 0 saturated carbocycles. The maximum atomic E-state index is 13.4. The molecule has 1 aromatic heterocycles. The van der Waals surface area contributed by atoms with Crippen LogP contribution < -0.4 is 0 Å². The molecule has 0 spiro atoms. The molecule has 1 aliphatic rings. The quantitative estimate of drug-likeness (QED) is 0.599. The smallest absolute Gasteiger partial charge is 0.276 e. The molecule has 0 aliphatic carbocycles. The fraction of sp³-hybridized carbons (Fsp3) is 0.333. The van der Waals surface area contributed by atoms with Crippen LogP contribution in [0.15, 0.2) is 53.1 Å². The lowest BCUT2D eigenvalue weighted by Crippen LogP contribution is -2.40. The standard InChI is InChI=1S/C24H26N2O4S/c1-16-4-7-19(8-5-16)14-26(21-10-11-31(28,29)15-21)24(27)22-13-23(30-25-22)20-9-6-17(2)18(3)12-20/h4-9,12-13,21H,10-11,14-15H2,1-3H3. The predicted molar refractivity (Wildman–Crippen MR) is 120 cm³/mol. The lowest BCUT2D eigenvalue weighted by molar-refractivity contribution is 0.0670. The highest BCUT2D eigenvalue weighted by molar-refractivity contribution is 7.91. The van der Waals surface area contributed by atoms with Gasteiger partial charge in [-0.15, -0.1) is 0 Å². The molecule has 1 amide bonds. The Kier molecular flexibility index (Phi) is 5.71.